The molecule has 1 atom stereocenters. The fraction of sp³-hybridized carbons (Fsp3) is 0.714. The van der Waals surface area contributed by atoms with Gasteiger partial charge in [-0.2, -0.15) is 13.2 Å². The molecule has 0 saturated heterocycles. The Kier molecular flexibility index (Phi) is 4.18. The Morgan fingerprint density at radius 2 is 2.00 bits per heavy atom. The lowest BCUT2D eigenvalue weighted by atomic mass is 10.2. The van der Waals surface area contributed by atoms with E-state index in [0.29, 0.717) is 6.42 Å². The zero-order chi connectivity index (χ0) is 8.91. The molecule has 66 valence electrons. The zero-order valence-corrected chi connectivity index (χ0v) is 6.23. The van der Waals surface area contributed by atoms with Crippen molar-refractivity contribution in [3.63, 3.8) is 0 Å². The first-order chi connectivity index (χ1) is 4.98. The van der Waals surface area contributed by atoms with Crippen LogP contribution in [0.5, 0.6) is 0 Å². The normalized spacial score (nSPS) is 15.7. The minimum absolute atomic E-state index is 0.563. The lowest BCUT2D eigenvalue weighted by molar-refractivity contribution is -0.187. The van der Waals surface area contributed by atoms with E-state index in [1.807, 2.05) is 6.92 Å². The third-order valence-electron chi connectivity index (χ3n) is 1.11. The molecule has 1 N–H and O–H groups in total. The van der Waals surface area contributed by atoms with Gasteiger partial charge < -0.3 is 5.11 Å². The van der Waals surface area contributed by atoms with Crippen LogP contribution in [0.4, 0.5) is 13.2 Å². The van der Waals surface area contributed by atoms with E-state index in [2.05, 4.69) is 0 Å². The van der Waals surface area contributed by atoms with Crippen LogP contribution in [0.25, 0.3) is 0 Å². The Morgan fingerprint density at radius 1 is 1.45 bits per heavy atom. The quantitative estimate of drug-likeness (QED) is 0.641. The lowest BCUT2D eigenvalue weighted by Gasteiger charge is -2.09. The standard InChI is InChI=1S/C7H11F3O/c1-2-3-4-5-6(11)7(8,9)10/h4-6,11H,2-3H2,1H3/b5-4+. The van der Waals surface area contributed by atoms with Gasteiger partial charge in [0.1, 0.15) is 0 Å². The molecule has 0 aromatic heterocycles. The van der Waals surface area contributed by atoms with E-state index < -0.39 is 12.3 Å². The summed E-state index contributed by atoms with van der Waals surface area (Å²) in [5.41, 5.74) is 0. The van der Waals surface area contributed by atoms with Crippen LogP contribution < -0.4 is 0 Å². The summed E-state index contributed by atoms with van der Waals surface area (Å²) in [6, 6.07) is 0. The first-order valence-corrected chi connectivity index (χ1v) is 3.40. The maximum atomic E-state index is 11.6. The van der Waals surface area contributed by atoms with Gasteiger partial charge >= 0.3 is 6.18 Å². The van der Waals surface area contributed by atoms with Gasteiger partial charge in [-0.15, -0.1) is 0 Å². The van der Waals surface area contributed by atoms with Crippen molar-refractivity contribution in [3.8, 4) is 0 Å². The molecule has 0 aliphatic rings. The van der Waals surface area contributed by atoms with Crippen LogP contribution in [0.15, 0.2) is 12.2 Å². The maximum Gasteiger partial charge on any atom is 0.417 e. The number of aliphatic hydroxyl groups is 1. The monoisotopic (exact) mass is 168 g/mol. The predicted molar refractivity (Wildman–Crippen MR) is 36.1 cm³/mol. The molecule has 0 aliphatic carbocycles. The van der Waals surface area contributed by atoms with Crippen LogP contribution in [0.1, 0.15) is 19.8 Å². The minimum atomic E-state index is -4.52. The largest absolute Gasteiger partial charge is 0.417 e. The van der Waals surface area contributed by atoms with Crippen molar-refractivity contribution in [1.82, 2.24) is 0 Å². The number of alkyl halides is 3. The molecule has 1 unspecified atom stereocenters. The highest BCUT2D eigenvalue weighted by molar-refractivity contribution is 4.91. The SMILES string of the molecule is CCC/C=C/C(O)C(F)(F)F. The number of aliphatic hydroxyl groups excluding tert-OH is 1. The van der Waals surface area contributed by atoms with Gasteiger partial charge in [0.05, 0.1) is 0 Å². The van der Waals surface area contributed by atoms with Gasteiger partial charge in [-0.05, 0) is 6.42 Å². The average molecular weight is 168 g/mol. The van der Waals surface area contributed by atoms with Gasteiger partial charge in [-0.25, -0.2) is 0 Å². The third-order valence-corrected chi connectivity index (χ3v) is 1.11. The molecule has 0 aromatic carbocycles. The zero-order valence-electron chi connectivity index (χ0n) is 6.23. The van der Waals surface area contributed by atoms with Crippen LogP contribution in [0, 0.1) is 0 Å². The number of hydrogen-bond donors (Lipinski definition) is 1. The van der Waals surface area contributed by atoms with E-state index in [1.54, 1.807) is 0 Å². The summed E-state index contributed by atoms with van der Waals surface area (Å²) in [7, 11) is 0. The third kappa shape index (κ3) is 4.84. The van der Waals surface area contributed by atoms with Gasteiger partial charge in [-0.1, -0.05) is 25.5 Å². The summed E-state index contributed by atoms with van der Waals surface area (Å²) < 4.78 is 34.7. The van der Waals surface area contributed by atoms with Gasteiger partial charge in [0.2, 0.25) is 0 Å². The Bertz CT molecular complexity index is 128. The van der Waals surface area contributed by atoms with Gasteiger partial charge in [0, 0.05) is 0 Å². The van der Waals surface area contributed by atoms with Crippen LogP contribution in [-0.4, -0.2) is 17.4 Å². The molecule has 0 saturated carbocycles. The van der Waals surface area contributed by atoms with E-state index >= 15 is 0 Å². The van der Waals surface area contributed by atoms with Crippen molar-refractivity contribution in [2.75, 3.05) is 0 Å². The summed E-state index contributed by atoms with van der Waals surface area (Å²) in [5, 5.41) is 8.40. The van der Waals surface area contributed by atoms with Crippen LogP contribution in [0.2, 0.25) is 0 Å². The van der Waals surface area contributed by atoms with Gasteiger partial charge in [0.25, 0.3) is 0 Å². The summed E-state index contributed by atoms with van der Waals surface area (Å²) in [6.45, 7) is 1.85. The Hall–Kier alpha value is -0.510. The molecule has 0 bridgehead atoms. The predicted octanol–water partition coefficient (Wildman–Crippen LogP) is 2.27. The second kappa shape index (κ2) is 4.38. The lowest BCUT2D eigenvalue weighted by Crippen LogP contribution is -2.25. The number of hydrogen-bond acceptors (Lipinski definition) is 1. The summed E-state index contributed by atoms with van der Waals surface area (Å²) >= 11 is 0. The molecule has 0 amide bonds. The van der Waals surface area contributed by atoms with E-state index in [0.717, 1.165) is 12.5 Å². The topological polar surface area (TPSA) is 20.2 Å². The van der Waals surface area contributed by atoms with Crippen molar-refractivity contribution in [2.24, 2.45) is 0 Å². The molecular formula is C7H11F3O. The molecule has 0 spiro atoms. The minimum Gasteiger partial charge on any atom is -0.380 e. The van der Waals surface area contributed by atoms with Gasteiger partial charge in [-0.3, -0.25) is 0 Å². The fourth-order valence-electron chi connectivity index (χ4n) is 0.501. The summed E-state index contributed by atoms with van der Waals surface area (Å²) in [4.78, 5) is 0. The molecule has 0 fully saturated rings. The van der Waals surface area contributed by atoms with Crippen molar-refractivity contribution in [3.05, 3.63) is 12.2 Å². The van der Waals surface area contributed by atoms with Crippen molar-refractivity contribution in [1.29, 1.82) is 0 Å². The smallest absolute Gasteiger partial charge is 0.380 e. The Morgan fingerprint density at radius 3 is 2.36 bits per heavy atom. The fourth-order valence-corrected chi connectivity index (χ4v) is 0.501. The molecule has 0 radical (unpaired) electrons. The van der Waals surface area contributed by atoms with Crippen molar-refractivity contribution < 1.29 is 18.3 Å². The first kappa shape index (κ1) is 10.5. The van der Waals surface area contributed by atoms with Crippen molar-refractivity contribution >= 4 is 0 Å². The molecule has 0 aromatic rings. The Labute approximate surface area is 63.5 Å². The molecular weight excluding hydrogens is 157 g/mol. The Balaban J connectivity index is 3.77. The number of halogens is 3. The molecule has 4 heteroatoms. The first-order valence-electron chi connectivity index (χ1n) is 3.40. The number of rotatable bonds is 3. The van der Waals surface area contributed by atoms with E-state index in [1.165, 1.54) is 6.08 Å². The van der Waals surface area contributed by atoms with E-state index in [-0.39, 0.29) is 0 Å². The second-order valence-electron chi connectivity index (χ2n) is 2.20. The number of allylic oxidation sites excluding steroid dienone is 1. The van der Waals surface area contributed by atoms with Crippen LogP contribution >= 0.6 is 0 Å². The highest BCUT2D eigenvalue weighted by Gasteiger charge is 2.35. The second-order valence-corrected chi connectivity index (χ2v) is 2.20. The van der Waals surface area contributed by atoms with Crippen LogP contribution in [-0.2, 0) is 0 Å². The maximum absolute atomic E-state index is 11.6. The van der Waals surface area contributed by atoms with E-state index in [4.69, 9.17) is 5.11 Å². The molecule has 0 aliphatic heterocycles. The highest BCUT2D eigenvalue weighted by Crippen LogP contribution is 2.20. The highest BCUT2D eigenvalue weighted by atomic mass is 19.4. The molecule has 11 heavy (non-hydrogen) atoms. The molecule has 1 nitrogen and oxygen atoms in total. The summed E-state index contributed by atoms with van der Waals surface area (Å²) in [5.74, 6) is 0. The molecule has 0 rings (SSSR count). The van der Waals surface area contributed by atoms with Crippen LogP contribution in [0.3, 0.4) is 0 Å². The number of unbranched alkanes of at least 4 members (excludes halogenated alkanes) is 1. The summed E-state index contributed by atoms with van der Waals surface area (Å²) in [6.07, 6.45) is -3.39. The van der Waals surface area contributed by atoms with Crippen molar-refractivity contribution in [2.45, 2.75) is 32.0 Å². The average Bonchev–Trinajstić information content (AvgIpc) is 1.86. The van der Waals surface area contributed by atoms with Gasteiger partial charge in [0.15, 0.2) is 6.10 Å². The molecule has 0 heterocycles. The van der Waals surface area contributed by atoms with E-state index in [9.17, 15) is 13.2 Å².